The second-order valence-corrected chi connectivity index (χ2v) is 9.92. The summed E-state index contributed by atoms with van der Waals surface area (Å²) in [6, 6.07) is 5.48. The SMILES string of the molecule is CC(=O)O/N=C1\CCN(C)C(=O)C2C1C=CN2CCCCN1CCC(C(=O)c2ccc(F)cc2)CC1. The van der Waals surface area contributed by atoms with E-state index in [1.54, 1.807) is 24.1 Å². The molecule has 2 unspecified atom stereocenters. The molecule has 0 aromatic heterocycles. The van der Waals surface area contributed by atoms with Crippen molar-refractivity contribution in [1.29, 1.82) is 0 Å². The van der Waals surface area contributed by atoms with Crippen molar-refractivity contribution in [2.75, 3.05) is 39.8 Å². The highest BCUT2D eigenvalue weighted by atomic mass is 19.1. The van der Waals surface area contributed by atoms with Gasteiger partial charge in [-0.15, -0.1) is 0 Å². The number of nitrogens with zero attached hydrogens (tertiary/aromatic N) is 4. The van der Waals surface area contributed by atoms with E-state index >= 15 is 0 Å². The molecule has 1 aromatic rings. The number of carbonyl (C=O) groups is 3. The number of rotatable bonds is 8. The summed E-state index contributed by atoms with van der Waals surface area (Å²) in [6.45, 7) is 5.34. The predicted octanol–water partition coefficient (Wildman–Crippen LogP) is 3.10. The summed E-state index contributed by atoms with van der Waals surface area (Å²) in [4.78, 5) is 48.1. The Morgan fingerprint density at radius 1 is 1.08 bits per heavy atom. The number of piperidine rings is 1. The Morgan fingerprint density at radius 3 is 2.47 bits per heavy atom. The number of fused-ring (bicyclic) bond motifs is 1. The monoisotopic (exact) mass is 498 g/mol. The lowest BCUT2D eigenvalue weighted by Crippen LogP contribution is -2.46. The van der Waals surface area contributed by atoms with E-state index in [1.165, 1.54) is 19.1 Å². The van der Waals surface area contributed by atoms with Gasteiger partial charge in [0.1, 0.15) is 11.9 Å². The summed E-state index contributed by atoms with van der Waals surface area (Å²) in [7, 11) is 1.80. The minimum atomic E-state index is -0.467. The van der Waals surface area contributed by atoms with Gasteiger partial charge in [-0.05, 0) is 75.8 Å². The lowest BCUT2D eigenvalue weighted by Gasteiger charge is -2.32. The van der Waals surface area contributed by atoms with Crippen molar-refractivity contribution < 1.29 is 23.6 Å². The molecule has 0 spiro atoms. The van der Waals surface area contributed by atoms with E-state index in [0.717, 1.165) is 57.6 Å². The number of Topliss-reactive ketones (excluding diaryl/α,β-unsaturated/α-hetero) is 1. The molecule has 36 heavy (non-hydrogen) atoms. The van der Waals surface area contributed by atoms with Gasteiger partial charge >= 0.3 is 5.97 Å². The number of amides is 1. The summed E-state index contributed by atoms with van der Waals surface area (Å²) in [5.74, 6) is -0.803. The van der Waals surface area contributed by atoms with Crippen LogP contribution in [0.2, 0.25) is 0 Å². The Labute approximate surface area is 211 Å². The van der Waals surface area contributed by atoms with E-state index in [2.05, 4.69) is 15.0 Å². The number of hydrogen-bond acceptors (Lipinski definition) is 7. The van der Waals surface area contributed by atoms with E-state index in [-0.39, 0.29) is 35.4 Å². The third-order valence-electron chi connectivity index (χ3n) is 7.42. The zero-order valence-electron chi connectivity index (χ0n) is 21.1. The highest BCUT2D eigenvalue weighted by Crippen LogP contribution is 2.29. The quantitative estimate of drug-likeness (QED) is 0.237. The standard InChI is InChI=1S/C27H35FN4O4/c1-19(33)36-29-24-12-15-30(2)27(35)25-23(24)11-18-32(25)14-4-3-13-31-16-9-21(10-17-31)26(34)20-5-7-22(28)8-6-20/h5-8,11,18,21,23,25H,3-4,9-10,12-17H2,1-2H3/b29-24+. The maximum Gasteiger partial charge on any atom is 0.331 e. The van der Waals surface area contributed by atoms with Gasteiger partial charge < -0.3 is 19.5 Å². The second kappa shape index (κ2) is 11.8. The molecule has 3 aliphatic heterocycles. The number of likely N-dealkylation sites (N-methyl/N-ethyl adjacent to an activating group) is 1. The lowest BCUT2D eigenvalue weighted by molar-refractivity contribution is -0.141. The fourth-order valence-corrected chi connectivity index (χ4v) is 5.32. The number of hydrogen-bond donors (Lipinski definition) is 0. The van der Waals surface area contributed by atoms with Crippen LogP contribution in [0.5, 0.6) is 0 Å². The highest BCUT2D eigenvalue weighted by Gasteiger charge is 2.42. The molecule has 0 N–H and O–H groups in total. The molecule has 4 rings (SSSR count). The van der Waals surface area contributed by atoms with Gasteiger partial charge in [0.05, 0.1) is 5.71 Å². The van der Waals surface area contributed by atoms with Crippen LogP contribution in [-0.2, 0) is 14.4 Å². The van der Waals surface area contributed by atoms with Gasteiger partial charge in [0.25, 0.3) is 0 Å². The summed E-state index contributed by atoms with van der Waals surface area (Å²) in [5.41, 5.74) is 1.32. The molecule has 0 aliphatic carbocycles. The largest absolute Gasteiger partial charge is 0.365 e. The number of unbranched alkanes of at least 4 members (excludes halogenated alkanes) is 1. The highest BCUT2D eigenvalue weighted by molar-refractivity contribution is 5.98. The van der Waals surface area contributed by atoms with Crippen molar-refractivity contribution in [3.63, 3.8) is 0 Å². The molecule has 3 heterocycles. The smallest absolute Gasteiger partial charge is 0.331 e. The lowest BCUT2D eigenvalue weighted by atomic mass is 9.89. The molecule has 1 aromatic carbocycles. The first kappa shape index (κ1) is 26.0. The van der Waals surface area contributed by atoms with Crippen LogP contribution in [-0.4, -0.2) is 83.9 Å². The Balaban J connectivity index is 1.22. The van der Waals surface area contributed by atoms with Gasteiger partial charge in [0, 0.05) is 50.9 Å². The number of oxime groups is 1. The summed E-state index contributed by atoms with van der Waals surface area (Å²) >= 11 is 0. The molecule has 2 fully saturated rings. The molecular formula is C27H35FN4O4. The Hall–Kier alpha value is -3.07. The molecule has 9 heteroatoms. The zero-order chi connectivity index (χ0) is 25.7. The van der Waals surface area contributed by atoms with Crippen LogP contribution in [0.25, 0.3) is 0 Å². The van der Waals surface area contributed by atoms with Crippen LogP contribution in [0.4, 0.5) is 4.39 Å². The van der Waals surface area contributed by atoms with E-state index in [1.807, 2.05) is 12.3 Å². The number of carbonyl (C=O) groups excluding carboxylic acids is 3. The van der Waals surface area contributed by atoms with Crippen molar-refractivity contribution in [3.8, 4) is 0 Å². The normalized spacial score (nSPS) is 24.2. The maximum atomic E-state index is 13.1. The van der Waals surface area contributed by atoms with Crippen LogP contribution in [0.1, 0.15) is 49.4 Å². The van der Waals surface area contributed by atoms with E-state index in [4.69, 9.17) is 4.84 Å². The first-order valence-electron chi connectivity index (χ1n) is 12.8. The van der Waals surface area contributed by atoms with Gasteiger partial charge in [-0.3, -0.25) is 9.59 Å². The van der Waals surface area contributed by atoms with E-state index in [0.29, 0.717) is 18.5 Å². The number of ketones is 1. The van der Waals surface area contributed by atoms with Crippen LogP contribution < -0.4 is 0 Å². The Bertz CT molecular complexity index is 1020. The van der Waals surface area contributed by atoms with Gasteiger partial charge in [-0.2, -0.15) is 0 Å². The van der Waals surface area contributed by atoms with Crippen molar-refractivity contribution in [2.45, 2.75) is 45.1 Å². The van der Waals surface area contributed by atoms with E-state index in [9.17, 15) is 18.8 Å². The molecule has 2 atom stereocenters. The Kier molecular flexibility index (Phi) is 8.51. The molecule has 0 bridgehead atoms. The summed E-state index contributed by atoms with van der Waals surface area (Å²) in [5, 5.41) is 4.05. The van der Waals surface area contributed by atoms with Crippen molar-refractivity contribution >= 4 is 23.4 Å². The average molecular weight is 499 g/mol. The van der Waals surface area contributed by atoms with Gasteiger partial charge in [0.15, 0.2) is 5.78 Å². The summed E-state index contributed by atoms with van der Waals surface area (Å²) in [6.07, 6.45) is 8.12. The van der Waals surface area contributed by atoms with Gasteiger partial charge in [-0.25, -0.2) is 9.18 Å². The molecule has 0 radical (unpaired) electrons. The van der Waals surface area contributed by atoms with Gasteiger partial charge in [-0.1, -0.05) is 11.2 Å². The number of benzene rings is 1. The molecule has 2 saturated heterocycles. The van der Waals surface area contributed by atoms with Crippen LogP contribution in [0.3, 0.4) is 0 Å². The van der Waals surface area contributed by atoms with Crippen molar-refractivity contribution in [3.05, 3.63) is 47.9 Å². The molecular weight excluding hydrogens is 463 g/mol. The molecule has 3 aliphatic rings. The maximum absolute atomic E-state index is 13.1. The second-order valence-electron chi connectivity index (χ2n) is 9.92. The molecule has 194 valence electrons. The molecule has 8 nitrogen and oxygen atoms in total. The molecule has 1 amide bonds. The Morgan fingerprint density at radius 2 is 1.78 bits per heavy atom. The predicted molar refractivity (Wildman–Crippen MR) is 134 cm³/mol. The van der Waals surface area contributed by atoms with Crippen LogP contribution in [0, 0.1) is 17.7 Å². The summed E-state index contributed by atoms with van der Waals surface area (Å²) < 4.78 is 13.1. The topological polar surface area (TPSA) is 82.5 Å². The first-order chi connectivity index (χ1) is 17.3. The molecule has 0 saturated carbocycles. The minimum absolute atomic E-state index is 0.000498. The van der Waals surface area contributed by atoms with Crippen molar-refractivity contribution in [2.24, 2.45) is 17.0 Å². The van der Waals surface area contributed by atoms with Crippen molar-refractivity contribution in [1.82, 2.24) is 14.7 Å². The van der Waals surface area contributed by atoms with E-state index < -0.39 is 5.97 Å². The van der Waals surface area contributed by atoms with Crippen LogP contribution >= 0.6 is 0 Å². The third kappa shape index (κ3) is 6.19. The minimum Gasteiger partial charge on any atom is -0.365 e. The fourth-order valence-electron chi connectivity index (χ4n) is 5.32. The van der Waals surface area contributed by atoms with Crippen LogP contribution in [0.15, 0.2) is 41.7 Å². The zero-order valence-corrected chi connectivity index (χ0v) is 21.1. The fraction of sp³-hybridized carbons (Fsp3) is 0.556. The van der Waals surface area contributed by atoms with Gasteiger partial charge in [0.2, 0.25) is 5.91 Å². The number of halogens is 1. The average Bonchev–Trinajstić information content (AvgIpc) is 3.25. The first-order valence-corrected chi connectivity index (χ1v) is 12.8. The number of likely N-dealkylation sites (tertiary alicyclic amines) is 2. The third-order valence-corrected chi connectivity index (χ3v) is 7.42.